The molecule has 2 fully saturated rings. The summed E-state index contributed by atoms with van der Waals surface area (Å²) in [6.07, 6.45) is 1.57. The molecular formula is C18H22BrIN2O3. The molecule has 7 heteroatoms. The van der Waals surface area contributed by atoms with Gasteiger partial charge in [0.1, 0.15) is 5.60 Å². The molecule has 0 N–H and O–H groups in total. The Bertz CT molecular complexity index is 713. The van der Waals surface area contributed by atoms with Gasteiger partial charge in [0, 0.05) is 27.7 Å². The second-order valence-corrected chi connectivity index (χ2v) is 9.81. The minimum absolute atomic E-state index is 0.0320. The molecule has 1 aliphatic heterocycles. The van der Waals surface area contributed by atoms with Gasteiger partial charge in [0.25, 0.3) is 5.91 Å². The second-order valence-electron chi connectivity index (χ2n) is 7.71. The van der Waals surface area contributed by atoms with E-state index in [-0.39, 0.29) is 17.5 Å². The van der Waals surface area contributed by atoms with E-state index in [1.54, 1.807) is 4.90 Å². The van der Waals surface area contributed by atoms with Gasteiger partial charge in [0.15, 0.2) is 0 Å². The van der Waals surface area contributed by atoms with Crippen LogP contribution in [0, 0.1) is 3.57 Å². The summed E-state index contributed by atoms with van der Waals surface area (Å²) in [6.45, 7) is 7.19. The minimum Gasteiger partial charge on any atom is -0.444 e. The Morgan fingerprint density at radius 1 is 1.24 bits per heavy atom. The van der Waals surface area contributed by atoms with Crippen molar-refractivity contribution >= 4 is 50.5 Å². The molecule has 0 radical (unpaired) electrons. The topological polar surface area (TPSA) is 49.9 Å². The molecule has 0 bridgehead atoms. The lowest BCUT2D eigenvalue weighted by Gasteiger charge is -2.42. The Hall–Kier alpha value is -0.830. The van der Waals surface area contributed by atoms with Gasteiger partial charge in [0.05, 0.1) is 11.1 Å². The van der Waals surface area contributed by atoms with Crippen molar-refractivity contribution in [3.05, 3.63) is 31.8 Å². The molecular weight excluding hydrogens is 499 g/mol. The highest BCUT2D eigenvalue weighted by Gasteiger charge is 2.54. The lowest BCUT2D eigenvalue weighted by atomic mass is 10.1. The van der Waals surface area contributed by atoms with Crippen LogP contribution in [0.2, 0.25) is 0 Å². The number of hydrogen-bond donors (Lipinski definition) is 0. The quantitative estimate of drug-likeness (QED) is 0.519. The highest BCUT2D eigenvalue weighted by Crippen LogP contribution is 2.45. The molecule has 136 valence electrons. The maximum Gasteiger partial charge on any atom is 0.410 e. The second kappa shape index (κ2) is 6.72. The van der Waals surface area contributed by atoms with Gasteiger partial charge in [-0.15, -0.1) is 0 Å². The van der Waals surface area contributed by atoms with Crippen LogP contribution >= 0.6 is 38.5 Å². The van der Waals surface area contributed by atoms with Crippen LogP contribution in [0.5, 0.6) is 0 Å². The molecule has 2 amide bonds. The summed E-state index contributed by atoms with van der Waals surface area (Å²) in [5.74, 6) is 0.0320. The van der Waals surface area contributed by atoms with Gasteiger partial charge in [-0.1, -0.05) is 0 Å². The van der Waals surface area contributed by atoms with Gasteiger partial charge in [-0.05, 0) is 90.3 Å². The molecule has 1 heterocycles. The van der Waals surface area contributed by atoms with E-state index in [9.17, 15) is 9.59 Å². The zero-order valence-electron chi connectivity index (χ0n) is 14.6. The van der Waals surface area contributed by atoms with Gasteiger partial charge in [-0.3, -0.25) is 4.79 Å². The maximum atomic E-state index is 13.1. The third-order valence-corrected chi connectivity index (χ3v) is 5.86. The molecule has 0 aromatic heterocycles. The molecule has 3 rings (SSSR count). The van der Waals surface area contributed by atoms with Crippen LogP contribution in [0.25, 0.3) is 0 Å². The fourth-order valence-corrected chi connectivity index (χ4v) is 4.63. The van der Waals surface area contributed by atoms with Gasteiger partial charge in [-0.2, -0.15) is 0 Å². The predicted molar refractivity (Wildman–Crippen MR) is 108 cm³/mol. The highest BCUT2D eigenvalue weighted by molar-refractivity contribution is 14.1. The molecule has 25 heavy (non-hydrogen) atoms. The predicted octanol–water partition coefficient (Wildman–Crippen LogP) is 4.28. The molecule has 1 spiro atoms. The van der Waals surface area contributed by atoms with E-state index in [0.29, 0.717) is 25.2 Å². The summed E-state index contributed by atoms with van der Waals surface area (Å²) in [6, 6.07) is 5.75. The Morgan fingerprint density at radius 3 is 2.48 bits per heavy atom. The first-order valence-corrected chi connectivity index (χ1v) is 10.2. The van der Waals surface area contributed by atoms with Crippen molar-refractivity contribution in [2.24, 2.45) is 0 Å². The lowest BCUT2D eigenvalue weighted by molar-refractivity contribution is 0.000612. The first-order chi connectivity index (χ1) is 11.6. The maximum absolute atomic E-state index is 13.1. The van der Waals surface area contributed by atoms with E-state index in [4.69, 9.17) is 4.74 Å². The van der Waals surface area contributed by atoms with Crippen LogP contribution in [0.15, 0.2) is 22.7 Å². The molecule has 1 saturated heterocycles. The largest absolute Gasteiger partial charge is 0.444 e. The fourth-order valence-electron chi connectivity index (χ4n) is 3.16. The van der Waals surface area contributed by atoms with Gasteiger partial charge >= 0.3 is 6.09 Å². The average Bonchev–Trinajstić information content (AvgIpc) is 3.24. The van der Waals surface area contributed by atoms with Crippen LogP contribution in [-0.4, -0.2) is 52.6 Å². The third kappa shape index (κ3) is 4.13. The standard InChI is InChI=1S/C18H22BrIN2O3/c1-17(2,3)25-16(24)21-8-9-22(18(11-21)6-7-18)15(23)13-5-4-12(20)10-14(13)19/h4-5,10H,6-9,11H2,1-3H3. The number of halogens is 2. The normalized spacial score (nSPS) is 19.1. The smallest absolute Gasteiger partial charge is 0.410 e. The molecule has 1 saturated carbocycles. The number of amides is 2. The van der Waals surface area contributed by atoms with Gasteiger partial charge in [-0.25, -0.2) is 4.79 Å². The van der Waals surface area contributed by atoms with Crippen LogP contribution in [0.1, 0.15) is 44.0 Å². The van der Waals surface area contributed by atoms with Crippen molar-refractivity contribution in [2.75, 3.05) is 19.6 Å². The van der Waals surface area contributed by atoms with E-state index in [1.807, 2.05) is 43.9 Å². The van der Waals surface area contributed by atoms with Crippen LogP contribution < -0.4 is 0 Å². The number of nitrogens with zero attached hydrogens (tertiary/aromatic N) is 2. The number of carbonyl (C=O) groups is 2. The molecule has 1 aromatic rings. The number of hydrogen-bond acceptors (Lipinski definition) is 3. The highest BCUT2D eigenvalue weighted by atomic mass is 127. The summed E-state index contributed by atoms with van der Waals surface area (Å²) in [5.41, 5.74) is -0.0565. The number of ether oxygens (including phenoxy) is 1. The summed E-state index contributed by atoms with van der Waals surface area (Å²) in [5, 5.41) is 0. The lowest BCUT2D eigenvalue weighted by Crippen LogP contribution is -2.58. The Kier molecular flexibility index (Phi) is 5.09. The number of benzene rings is 1. The zero-order chi connectivity index (χ0) is 18.4. The van der Waals surface area contributed by atoms with E-state index in [2.05, 4.69) is 38.5 Å². The summed E-state index contributed by atoms with van der Waals surface area (Å²) >= 11 is 5.73. The number of rotatable bonds is 1. The molecule has 0 unspecified atom stereocenters. The van der Waals surface area contributed by atoms with Crippen molar-refractivity contribution in [3.63, 3.8) is 0 Å². The molecule has 2 aliphatic rings. The molecule has 1 aromatic carbocycles. The summed E-state index contributed by atoms with van der Waals surface area (Å²) in [7, 11) is 0. The number of carbonyl (C=O) groups excluding carboxylic acids is 2. The summed E-state index contributed by atoms with van der Waals surface area (Å²) < 4.78 is 7.38. The Morgan fingerprint density at radius 2 is 1.92 bits per heavy atom. The van der Waals surface area contributed by atoms with E-state index >= 15 is 0 Å². The molecule has 0 atom stereocenters. The van der Waals surface area contributed by atoms with Crippen molar-refractivity contribution < 1.29 is 14.3 Å². The van der Waals surface area contributed by atoms with Crippen molar-refractivity contribution in [1.29, 1.82) is 0 Å². The minimum atomic E-state index is -0.507. The average molecular weight is 521 g/mol. The van der Waals surface area contributed by atoms with Crippen molar-refractivity contribution in [3.8, 4) is 0 Å². The van der Waals surface area contributed by atoms with E-state index in [1.165, 1.54) is 0 Å². The third-order valence-electron chi connectivity index (χ3n) is 4.54. The Balaban J connectivity index is 1.74. The first-order valence-electron chi connectivity index (χ1n) is 8.36. The van der Waals surface area contributed by atoms with Gasteiger partial charge in [0.2, 0.25) is 0 Å². The monoisotopic (exact) mass is 520 g/mol. The van der Waals surface area contributed by atoms with E-state index in [0.717, 1.165) is 20.9 Å². The number of piperazine rings is 1. The Labute approximate surface area is 170 Å². The van der Waals surface area contributed by atoms with Crippen molar-refractivity contribution in [2.45, 2.75) is 44.8 Å². The van der Waals surface area contributed by atoms with Crippen LogP contribution in [0.4, 0.5) is 4.79 Å². The van der Waals surface area contributed by atoms with Gasteiger partial charge < -0.3 is 14.5 Å². The molecule has 1 aliphatic carbocycles. The summed E-state index contributed by atoms with van der Waals surface area (Å²) in [4.78, 5) is 29.1. The zero-order valence-corrected chi connectivity index (χ0v) is 18.4. The van der Waals surface area contributed by atoms with Crippen molar-refractivity contribution in [1.82, 2.24) is 9.80 Å². The van der Waals surface area contributed by atoms with Crippen LogP contribution in [0.3, 0.4) is 0 Å². The van der Waals surface area contributed by atoms with E-state index < -0.39 is 5.60 Å². The first kappa shape index (κ1) is 18.9. The molecule has 5 nitrogen and oxygen atoms in total. The van der Waals surface area contributed by atoms with Crippen LogP contribution in [-0.2, 0) is 4.74 Å². The fraction of sp³-hybridized carbons (Fsp3) is 0.556. The SMILES string of the molecule is CC(C)(C)OC(=O)N1CCN(C(=O)c2ccc(I)cc2Br)C2(CC2)C1.